The van der Waals surface area contributed by atoms with E-state index in [4.69, 9.17) is 4.98 Å². The van der Waals surface area contributed by atoms with E-state index in [0.29, 0.717) is 12.1 Å². The summed E-state index contributed by atoms with van der Waals surface area (Å²) < 4.78 is 0. The van der Waals surface area contributed by atoms with E-state index in [1.807, 2.05) is 32.0 Å². The number of fused-ring (bicyclic) bond motifs is 2. The molecule has 0 radical (unpaired) electrons. The number of carbonyl (C=O) groups is 1. The Bertz CT molecular complexity index is 956. The van der Waals surface area contributed by atoms with Crippen LogP contribution in [0, 0.1) is 13.8 Å². The van der Waals surface area contributed by atoms with Crippen molar-refractivity contribution in [3.8, 4) is 0 Å². The molecule has 0 bridgehead atoms. The zero-order valence-corrected chi connectivity index (χ0v) is 15.9. The van der Waals surface area contributed by atoms with Gasteiger partial charge in [0.2, 0.25) is 0 Å². The molecule has 2 aromatic heterocycles. The summed E-state index contributed by atoms with van der Waals surface area (Å²) in [6.07, 6.45) is 5.58. The van der Waals surface area contributed by atoms with Gasteiger partial charge in [0.05, 0.1) is 33.1 Å². The monoisotopic (exact) mass is 366 g/mol. The molecule has 0 spiro atoms. The van der Waals surface area contributed by atoms with Crippen LogP contribution in [0.25, 0.3) is 11.0 Å². The topological polar surface area (TPSA) is 67.8 Å². The number of nitrogens with zero attached hydrogens (tertiary/aromatic N) is 3. The van der Waals surface area contributed by atoms with E-state index >= 15 is 0 Å². The summed E-state index contributed by atoms with van der Waals surface area (Å²) in [4.78, 5) is 27.7. The van der Waals surface area contributed by atoms with Crippen molar-refractivity contribution in [3.63, 3.8) is 0 Å². The number of rotatable bonds is 4. The summed E-state index contributed by atoms with van der Waals surface area (Å²) in [6, 6.07) is 5.48. The SMILES string of the molecule is Cc1nc2ccc(C(=O)NCCc3nc4c(s3)CCCC4)cc2nc1C. The average Bonchev–Trinajstić information content (AvgIpc) is 3.05. The Kier molecular flexibility index (Phi) is 4.68. The van der Waals surface area contributed by atoms with Crippen molar-refractivity contribution in [2.45, 2.75) is 46.0 Å². The van der Waals surface area contributed by atoms with Crippen LogP contribution in [0.15, 0.2) is 18.2 Å². The van der Waals surface area contributed by atoms with Crippen LogP contribution >= 0.6 is 11.3 Å². The first-order valence-corrected chi connectivity index (χ1v) is 9.92. The van der Waals surface area contributed by atoms with Gasteiger partial charge < -0.3 is 5.32 Å². The molecule has 134 valence electrons. The Morgan fingerprint density at radius 2 is 1.85 bits per heavy atom. The summed E-state index contributed by atoms with van der Waals surface area (Å²) in [6.45, 7) is 4.48. The number of benzene rings is 1. The standard InChI is InChI=1S/C20H22N4OS/c1-12-13(2)23-17-11-14(7-8-15(17)22-12)20(25)21-10-9-19-24-16-5-3-4-6-18(16)26-19/h7-8,11H,3-6,9-10H2,1-2H3,(H,21,25). The van der Waals surface area contributed by atoms with Gasteiger partial charge in [-0.3, -0.25) is 4.79 Å². The lowest BCUT2D eigenvalue weighted by Gasteiger charge is -2.06. The van der Waals surface area contributed by atoms with Crippen molar-refractivity contribution in [2.24, 2.45) is 0 Å². The molecule has 0 saturated heterocycles. The number of amides is 1. The van der Waals surface area contributed by atoms with Crippen LogP contribution < -0.4 is 5.32 Å². The Morgan fingerprint density at radius 1 is 1.08 bits per heavy atom. The van der Waals surface area contributed by atoms with Gasteiger partial charge in [0.15, 0.2) is 0 Å². The Morgan fingerprint density at radius 3 is 2.65 bits per heavy atom. The van der Waals surface area contributed by atoms with E-state index in [1.54, 1.807) is 11.3 Å². The van der Waals surface area contributed by atoms with Crippen LogP contribution in [0.3, 0.4) is 0 Å². The van der Waals surface area contributed by atoms with E-state index in [0.717, 1.165) is 46.7 Å². The molecule has 0 atom stereocenters. The zero-order chi connectivity index (χ0) is 18.1. The maximum absolute atomic E-state index is 12.4. The maximum Gasteiger partial charge on any atom is 0.251 e. The van der Waals surface area contributed by atoms with E-state index in [2.05, 4.69) is 15.3 Å². The second-order valence-corrected chi connectivity index (χ2v) is 7.96. The molecule has 0 fully saturated rings. The first kappa shape index (κ1) is 17.1. The van der Waals surface area contributed by atoms with Gasteiger partial charge in [0.1, 0.15) is 0 Å². The van der Waals surface area contributed by atoms with Crippen LogP contribution in [0.2, 0.25) is 0 Å². The first-order valence-electron chi connectivity index (χ1n) is 9.11. The summed E-state index contributed by atoms with van der Waals surface area (Å²) in [5.41, 5.74) is 5.28. The molecule has 1 aliphatic rings. The number of aryl methyl sites for hydroxylation is 4. The third-order valence-electron chi connectivity index (χ3n) is 4.85. The van der Waals surface area contributed by atoms with Gasteiger partial charge in [-0.1, -0.05) is 0 Å². The van der Waals surface area contributed by atoms with Crippen molar-refractivity contribution >= 4 is 28.3 Å². The smallest absolute Gasteiger partial charge is 0.251 e. The molecule has 0 saturated carbocycles. The molecule has 26 heavy (non-hydrogen) atoms. The number of carbonyl (C=O) groups excluding carboxylic acids is 1. The van der Waals surface area contributed by atoms with E-state index in [-0.39, 0.29) is 5.91 Å². The highest BCUT2D eigenvalue weighted by atomic mass is 32.1. The fourth-order valence-corrected chi connectivity index (χ4v) is 4.43. The quantitative estimate of drug-likeness (QED) is 0.767. The van der Waals surface area contributed by atoms with Crippen LogP contribution in [0.4, 0.5) is 0 Å². The predicted octanol–water partition coefficient (Wildman–Crippen LogP) is 3.55. The molecular formula is C20H22N4OS. The summed E-state index contributed by atoms with van der Waals surface area (Å²) >= 11 is 1.81. The minimum absolute atomic E-state index is 0.0757. The number of hydrogen-bond donors (Lipinski definition) is 1. The van der Waals surface area contributed by atoms with Gasteiger partial charge in [-0.25, -0.2) is 15.0 Å². The number of thiazole rings is 1. The van der Waals surface area contributed by atoms with Gasteiger partial charge in [-0.2, -0.15) is 0 Å². The molecule has 1 aliphatic carbocycles. The highest BCUT2D eigenvalue weighted by molar-refractivity contribution is 7.11. The van der Waals surface area contributed by atoms with E-state index in [9.17, 15) is 4.79 Å². The van der Waals surface area contributed by atoms with Gasteiger partial charge in [0.25, 0.3) is 5.91 Å². The van der Waals surface area contributed by atoms with Gasteiger partial charge in [-0.15, -0.1) is 11.3 Å². The highest BCUT2D eigenvalue weighted by Gasteiger charge is 2.15. The fourth-order valence-electron chi connectivity index (χ4n) is 3.27. The molecule has 1 amide bonds. The Hall–Kier alpha value is -2.34. The molecule has 2 heterocycles. The van der Waals surface area contributed by atoms with Crippen LogP contribution in [-0.2, 0) is 19.3 Å². The number of nitrogens with one attached hydrogen (secondary N) is 1. The van der Waals surface area contributed by atoms with E-state index in [1.165, 1.54) is 23.4 Å². The van der Waals surface area contributed by atoms with Crippen molar-refractivity contribution in [1.82, 2.24) is 20.3 Å². The lowest BCUT2D eigenvalue weighted by molar-refractivity contribution is 0.0954. The fraction of sp³-hybridized carbons (Fsp3) is 0.400. The van der Waals surface area contributed by atoms with Crippen molar-refractivity contribution < 1.29 is 4.79 Å². The average molecular weight is 366 g/mol. The second kappa shape index (κ2) is 7.11. The molecule has 4 rings (SSSR count). The minimum atomic E-state index is -0.0757. The van der Waals surface area contributed by atoms with Crippen molar-refractivity contribution in [3.05, 3.63) is 50.7 Å². The summed E-state index contributed by atoms with van der Waals surface area (Å²) in [5.74, 6) is -0.0757. The van der Waals surface area contributed by atoms with Gasteiger partial charge >= 0.3 is 0 Å². The maximum atomic E-state index is 12.4. The van der Waals surface area contributed by atoms with Crippen molar-refractivity contribution in [2.75, 3.05) is 6.54 Å². The largest absolute Gasteiger partial charge is 0.352 e. The lowest BCUT2D eigenvalue weighted by Crippen LogP contribution is -2.25. The molecule has 5 nitrogen and oxygen atoms in total. The minimum Gasteiger partial charge on any atom is -0.352 e. The Labute approximate surface area is 156 Å². The number of aromatic nitrogens is 3. The van der Waals surface area contributed by atoms with Gasteiger partial charge in [0, 0.05) is 23.4 Å². The molecule has 0 aliphatic heterocycles. The highest BCUT2D eigenvalue weighted by Crippen LogP contribution is 2.26. The molecule has 1 aromatic carbocycles. The summed E-state index contributed by atoms with van der Waals surface area (Å²) in [7, 11) is 0. The van der Waals surface area contributed by atoms with Crippen LogP contribution in [0.5, 0.6) is 0 Å². The van der Waals surface area contributed by atoms with E-state index < -0.39 is 0 Å². The predicted molar refractivity (Wildman–Crippen MR) is 104 cm³/mol. The molecule has 0 unspecified atom stereocenters. The lowest BCUT2D eigenvalue weighted by atomic mass is 10.0. The molecule has 1 N–H and O–H groups in total. The summed E-state index contributed by atoms with van der Waals surface area (Å²) in [5, 5.41) is 4.13. The third-order valence-corrected chi connectivity index (χ3v) is 6.07. The second-order valence-electron chi connectivity index (χ2n) is 6.79. The molecule has 6 heteroatoms. The van der Waals surface area contributed by atoms with Crippen LogP contribution in [0.1, 0.15) is 50.2 Å². The van der Waals surface area contributed by atoms with Gasteiger partial charge in [-0.05, 0) is 57.7 Å². The van der Waals surface area contributed by atoms with Crippen molar-refractivity contribution in [1.29, 1.82) is 0 Å². The first-order chi connectivity index (χ1) is 12.6. The zero-order valence-electron chi connectivity index (χ0n) is 15.1. The Balaban J connectivity index is 1.40. The van der Waals surface area contributed by atoms with Crippen LogP contribution in [-0.4, -0.2) is 27.4 Å². The number of hydrogen-bond acceptors (Lipinski definition) is 5. The molecular weight excluding hydrogens is 344 g/mol. The molecule has 3 aromatic rings. The third kappa shape index (κ3) is 3.46. The normalized spacial score (nSPS) is 13.6.